The normalized spacial score (nSPS) is 11.3. The molecule has 10 heteroatoms. The van der Waals surface area contributed by atoms with Gasteiger partial charge in [-0.05, 0) is 24.3 Å². The number of amides is 1. The van der Waals surface area contributed by atoms with E-state index in [2.05, 4.69) is 25.7 Å². The lowest BCUT2D eigenvalue weighted by molar-refractivity contribution is 0.0941. The number of fused-ring (bicyclic) bond motifs is 1. The third-order valence-corrected chi connectivity index (χ3v) is 4.29. The van der Waals surface area contributed by atoms with Crippen LogP contribution in [0.4, 0.5) is 8.78 Å². The van der Waals surface area contributed by atoms with Crippen LogP contribution in [0, 0.1) is 11.6 Å². The number of pyridine rings is 1. The zero-order chi connectivity index (χ0) is 20.5. The van der Waals surface area contributed by atoms with E-state index in [4.69, 9.17) is 4.52 Å². The summed E-state index contributed by atoms with van der Waals surface area (Å²) in [6.45, 7) is 3.81. The number of nitrogens with one attached hydrogen (secondary N) is 1. The molecule has 1 amide bonds. The molecule has 0 atom stereocenters. The van der Waals surface area contributed by atoms with Crippen LogP contribution in [-0.4, -0.2) is 30.6 Å². The molecule has 0 bridgehead atoms. The molecule has 0 spiro atoms. The van der Waals surface area contributed by atoms with E-state index in [9.17, 15) is 13.6 Å². The predicted octanol–water partition coefficient (Wildman–Crippen LogP) is 3.11. The maximum atomic E-state index is 13.8. The summed E-state index contributed by atoms with van der Waals surface area (Å²) >= 11 is 0. The predicted molar refractivity (Wildman–Crippen MR) is 97.9 cm³/mol. The van der Waals surface area contributed by atoms with Crippen molar-refractivity contribution in [3.8, 4) is 11.5 Å². The molecule has 3 heterocycles. The fourth-order valence-corrected chi connectivity index (χ4v) is 2.79. The molecule has 0 saturated carbocycles. The minimum Gasteiger partial charge on any atom is -0.345 e. The highest BCUT2D eigenvalue weighted by Crippen LogP contribution is 2.24. The first-order chi connectivity index (χ1) is 14.0. The molecule has 0 saturated heterocycles. The van der Waals surface area contributed by atoms with E-state index >= 15 is 0 Å². The van der Waals surface area contributed by atoms with Crippen molar-refractivity contribution >= 4 is 11.6 Å². The molecule has 0 aliphatic heterocycles. The van der Waals surface area contributed by atoms with Crippen LogP contribution in [0.5, 0.6) is 0 Å². The number of carbonyl (C=O) groups excluding carboxylic acids is 1. The van der Waals surface area contributed by atoms with Crippen LogP contribution in [0.2, 0.25) is 0 Å². The Balaban J connectivity index is 1.60. The maximum absolute atomic E-state index is 13.8. The molecule has 1 N–H and O–H groups in total. The van der Waals surface area contributed by atoms with Crippen molar-refractivity contribution in [2.45, 2.75) is 26.3 Å². The summed E-state index contributed by atoms with van der Waals surface area (Å²) in [6, 6.07) is 6.74. The lowest BCUT2D eigenvalue weighted by atomic mass is 10.2. The highest BCUT2D eigenvalue weighted by molar-refractivity contribution is 5.94. The molecule has 0 radical (unpaired) electrons. The topological polar surface area (TPSA) is 98.2 Å². The summed E-state index contributed by atoms with van der Waals surface area (Å²) in [5, 5.41) is 14.6. The van der Waals surface area contributed by atoms with E-state index in [0.29, 0.717) is 28.8 Å². The van der Waals surface area contributed by atoms with E-state index in [1.54, 1.807) is 22.7 Å². The van der Waals surface area contributed by atoms with Gasteiger partial charge < -0.3 is 9.84 Å². The number of carbonyl (C=O) groups is 1. The molecular weight excluding hydrogens is 382 g/mol. The van der Waals surface area contributed by atoms with Crippen LogP contribution < -0.4 is 5.32 Å². The monoisotopic (exact) mass is 398 g/mol. The SMILES string of the molecule is CC(C)c1noc(-c2cccn3c(CNC(=O)c4c(F)cccc4F)nnc23)n1. The number of halogens is 2. The molecule has 0 unspecified atom stereocenters. The minimum atomic E-state index is -0.937. The van der Waals surface area contributed by atoms with Gasteiger partial charge in [0.05, 0.1) is 12.1 Å². The molecule has 4 rings (SSSR count). The molecule has 148 valence electrons. The molecule has 1 aromatic carbocycles. The smallest absolute Gasteiger partial charge is 0.261 e. The molecular formula is C19H16F2N6O2. The molecule has 0 aliphatic rings. The maximum Gasteiger partial charge on any atom is 0.261 e. The van der Waals surface area contributed by atoms with Crippen molar-refractivity contribution < 1.29 is 18.1 Å². The molecule has 29 heavy (non-hydrogen) atoms. The Bertz CT molecular complexity index is 1180. The van der Waals surface area contributed by atoms with Gasteiger partial charge in [0, 0.05) is 12.1 Å². The zero-order valence-corrected chi connectivity index (χ0v) is 15.6. The quantitative estimate of drug-likeness (QED) is 0.555. The van der Waals surface area contributed by atoms with Crippen LogP contribution in [0.15, 0.2) is 41.1 Å². The van der Waals surface area contributed by atoms with Gasteiger partial charge in [0.1, 0.15) is 17.2 Å². The third-order valence-electron chi connectivity index (χ3n) is 4.29. The molecule has 4 aromatic rings. The number of hydrogen-bond acceptors (Lipinski definition) is 6. The van der Waals surface area contributed by atoms with Crippen LogP contribution in [-0.2, 0) is 6.54 Å². The van der Waals surface area contributed by atoms with E-state index < -0.39 is 23.1 Å². The third kappa shape index (κ3) is 3.44. The molecule has 8 nitrogen and oxygen atoms in total. The van der Waals surface area contributed by atoms with Crippen LogP contribution in [0.3, 0.4) is 0 Å². The van der Waals surface area contributed by atoms with E-state index in [0.717, 1.165) is 12.1 Å². The highest BCUT2D eigenvalue weighted by Gasteiger charge is 2.19. The second-order valence-electron chi connectivity index (χ2n) is 6.62. The van der Waals surface area contributed by atoms with Crippen LogP contribution in [0.25, 0.3) is 17.1 Å². The van der Waals surface area contributed by atoms with Gasteiger partial charge in [-0.2, -0.15) is 4.98 Å². The second kappa shape index (κ2) is 7.38. The fraction of sp³-hybridized carbons (Fsp3) is 0.211. The summed E-state index contributed by atoms with van der Waals surface area (Å²) in [5.41, 5.74) is 0.388. The van der Waals surface area contributed by atoms with Gasteiger partial charge in [-0.25, -0.2) is 8.78 Å². The van der Waals surface area contributed by atoms with Crippen molar-refractivity contribution in [3.63, 3.8) is 0 Å². The minimum absolute atomic E-state index is 0.0850. The van der Waals surface area contributed by atoms with Crippen molar-refractivity contribution in [3.05, 3.63) is 65.4 Å². The zero-order valence-electron chi connectivity index (χ0n) is 15.6. The van der Waals surface area contributed by atoms with Crippen molar-refractivity contribution in [1.29, 1.82) is 0 Å². The van der Waals surface area contributed by atoms with E-state index in [1.807, 2.05) is 13.8 Å². The first-order valence-electron chi connectivity index (χ1n) is 8.84. The lowest BCUT2D eigenvalue weighted by Gasteiger charge is -2.06. The van der Waals surface area contributed by atoms with Gasteiger partial charge in [0.25, 0.3) is 11.8 Å². The number of benzene rings is 1. The Kier molecular flexibility index (Phi) is 4.75. The molecule has 0 aliphatic carbocycles. The Labute approximate surface area is 163 Å². The number of aromatic nitrogens is 5. The summed E-state index contributed by atoms with van der Waals surface area (Å²) in [4.78, 5) is 16.6. The van der Waals surface area contributed by atoms with Gasteiger partial charge in [-0.1, -0.05) is 25.1 Å². The summed E-state index contributed by atoms with van der Waals surface area (Å²) in [7, 11) is 0. The van der Waals surface area contributed by atoms with E-state index in [1.165, 1.54) is 6.07 Å². The standard InChI is InChI=1S/C19H16F2N6O2/c1-10(2)16-23-19(29-26-16)11-5-4-8-27-14(24-25-17(11)27)9-22-18(28)15-12(20)6-3-7-13(15)21/h3-8,10H,9H2,1-2H3,(H,22,28). The summed E-state index contributed by atoms with van der Waals surface area (Å²) < 4.78 is 34.5. The van der Waals surface area contributed by atoms with Gasteiger partial charge >= 0.3 is 0 Å². The van der Waals surface area contributed by atoms with Crippen LogP contribution >= 0.6 is 0 Å². The van der Waals surface area contributed by atoms with Gasteiger partial charge in [0.2, 0.25) is 0 Å². The summed E-state index contributed by atoms with van der Waals surface area (Å²) in [6.07, 6.45) is 1.70. The lowest BCUT2D eigenvalue weighted by Crippen LogP contribution is -2.26. The fourth-order valence-electron chi connectivity index (χ4n) is 2.79. The Morgan fingerprint density at radius 2 is 1.93 bits per heavy atom. The van der Waals surface area contributed by atoms with Gasteiger partial charge in [0.15, 0.2) is 17.3 Å². The van der Waals surface area contributed by atoms with Crippen molar-refractivity contribution in [2.75, 3.05) is 0 Å². The Morgan fingerprint density at radius 3 is 2.62 bits per heavy atom. The average molecular weight is 398 g/mol. The number of rotatable bonds is 5. The van der Waals surface area contributed by atoms with Crippen molar-refractivity contribution in [2.24, 2.45) is 0 Å². The molecule has 3 aromatic heterocycles. The highest BCUT2D eigenvalue weighted by atomic mass is 19.1. The number of nitrogens with zero attached hydrogens (tertiary/aromatic N) is 5. The Morgan fingerprint density at radius 1 is 1.17 bits per heavy atom. The average Bonchev–Trinajstić information content (AvgIpc) is 3.33. The van der Waals surface area contributed by atoms with Crippen LogP contribution in [0.1, 0.15) is 41.8 Å². The Hall–Kier alpha value is -3.69. The molecule has 0 fully saturated rings. The van der Waals surface area contributed by atoms with Crippen molar-refractivity contribution in [1.82, 2.24) is 30.1 Å². The first-order valence-corrected chi connectivity index (χ1v) is 8.84. The van der Waals surface area contributed by atoms with Gasteiger partial charge in [-0.15, -0.1) is 10.2 Å². The van der Waals surface area contributed by atoms with E-state index in [-0.39, 0.29) is 12.5 Å². The first kappa shape index (κ1) is 18.7. The number of hydrogen-bond donors (Lipinski definition) is 1. The summed E-state index contributed by atoms with van der Waals surface area (Å²) in [5.74, 6) is -1.41. The second-order valence-corrected chi connectivity index (χ2v) is 6.62. The largest absolute Gasteiger partial charge is 0.345 e. The van der Waals surface area contributed by atoms with Gasteiger partial charge in [-0.3, -0.25) is 9.20 Å².